The van der Waals surface area contributed by atoms with Gasteiger partial charge in [0.15, 0.2) is 0 Å². The number of carbonyl (C=O) groups is 2. The highest BCUT2D eigenvalue weighted by Crippen LogP contribution is 2.59. The van der Waals surface area contributed by atoms with Crippen LogP contribution in [0.3, 0.4) is 0 Å². The number of aliphatic hydroxyl groups is 1. The number of ketones is 1. The van der Waals surface area contributed by atoms with E-state index in [9.17, 15) is 14.7 Å². The predicted octanol–water partition coefficient (Wildman–Crippen LogP) is 1.16. The Labute approximate surface area is 101 Å². The van der Waals surface area contributed by atoms with Gasteiger partial charge in [-0.25, -0.2) is 0 Å². The van der Waals surface area contributed by atoms with Crippen LogP contribution in [0, 0.1) is 22.7 Å². The Kier molecular flexibility index (Phi) is 2.62. The molecule has 3 aliphatic carbocycles. The highest BCUT2D eigenvalue weighted by molar-refractivity contribution is 5.92. The summed E-state index contributed by atoms with van der Waals surface area (Å²) in [6, 6.07) is 0. The molecule has 3 aliphatic rings. The lowest BCUT2D eigenvalue weighted by molar-refractivity contribution is -0.191. The number of hydrogen-bond acceptors (Lipinski definition) is 4. The van der Waals surface area contributed by atoms with Crippen LogP contribution in [0.2, 0.25) is 0 Å². The van der Waals surface area contributed by atoms with E-state index in [1.807, 2.05) is 13.8 Å². The van der Waals surface area contributed by atoms with Gasteiger partial charge in [-0.15, -0.1) is 0 Å². The van der Waals surface area contributed by atoms with Gasteiger partial charge in [0.1, 0.15) is 5.78 Å². The number of methoxy groups -OCH3 is 1. The summed E-state index contributed by atoms with van der Waals surface area (Å²) >= 11 is 0. The number of fused-ring (bicyclic) bond motifs is 3. The predicted molar refractivity (Wildman–Crippen MR) is 61.1 cm³/mol. The third kappa shape index (κ3) is 1.39. The Morgan fingerprint density at radius 3 is 2.59 bits per heavy atom. The van der Waals surface area contributed by atoms with Gasteiger partial charge < -0.3 is 9.84 Å². The maximum atomic E-state index is 12.2. The molecule has 0 aromatic rings. The molecule has 0 aliphatic heterocycles. The average Bonchev–Trinajstić information content (AvgIpc) is 2.28. The minimum Gasteiger partial charge on any atom is -0.469 e. The number of esters is 1. The first-order valence-electron chi connectivity index (χ1n) is 6.08. The Balaban J connectivity index is 2.45. The van der Waals surface area contributed by atoms with E-state index < -0.39 is 16.9 Å². The maximum Gasteiger partial charge on any atom is 0.311 e. The maximum absolute atomic E-state index is 12.2. The highest BCUT2D eigenvalue weighted by Gasteiger charge is 2.64. The van der Waals surface area contributed by atoms with Crippen LogP contribution in [0.25, 0.3) is 0 Å². The van der Waals surface area contributed by atoms with Crippen molar-refractivity contribution < 1.29 is 19.4 Å². The molecular weight excluding hydrogens is 220 g/mol. The number of Topliss-reactive ketones (excluding diaryl/α,β-unsaturated/α-hetero) is 1. The van der Waals surface area contributed by atoms with E-state index in [4.69, 9.17) is 4.74 Å². The zero-order chi connectivity index (χ0) is 13.0. The van der Waals surface area contributed by atoms with Crippen molar-refractivity contribution in [1.29, 1.82) is 0 Å². The fourth-order valence-electron chi connectivity index (χ4n) is 3.94. The standard InChI is InChI=1S/C13H20O4/c1-7-8-5-9(14)13(3,10(7)15)6-12(8,2)11(16)17-4/h7-9,14H,5-6H2,1-4H3/t7-,8+,9+,12+,13-/m0/s1. The second kappa shape index (κ2) is 3.55. The van der Waals surface area contributed by atoms with Crippen LogP contribution < -0.4 is 0 Å². The van der Waals surface area contributed by atoms with Gasteiger partial charge >= 0.3 is 5.97 Å². The summed E-state index contributed by atoms with van der Waals surface area (Å²) in [6.45, 7) is 5.49. The van der Waals surface area contributed by atoms with Crippen LogP contribution in [-0.2, 0) is 14.3 Å². The number of hydrogen-bond donors (Lipinski definition) is 1. The second-order valence-electron chi connectivity index (χ2n) is 6.01. The van der Waals surface area contributed by atoms with Crippen molar-refractivity contribution in [3.63, 3.8) is 0 Å². The van der Waals surface area contributed by atoms with Gasteiger partial charge in [-0.3, -0.25) is 9.59 Å². The first-order valence-corrected chi connectivity index (χ1v) is 6.08. The van der Waals surface area contributed by atoms with Gasteiger partial charge in [0.05, 0.1) is 24.0 Å². The molecule has 17 heavy (non-hydrogen) atoms. The van der Waals surface area contributed by atoms with E-state index in [0.29, 0.717) is 12.8 Å². The Bertz CT molecular complexity index is 378. The minimum absolute atomic E-state index is 0.0858. The lowest BCUT2D eigenvalue weighted by Crippen LogP contribution is -2.63. The largest absolute Gasteiger partial charge is 0.469 e. The molecule has 3 rings (SSSR count). The smallest absolute Gasteiger partial charge is 0.311 e. The van der Waals surface area contributed by atoms with Crippen LogP contribution in [-0.4, -0.2) is 30.1 Å². The van der Waals surface area contributed by atoms with Gasteiger partial charge in [-0.2, -0.15) is 0 Å². The lowest BCUT2D eigenvalue weighted by Gasteiger charge is -2.57. The fraction of sp³-hybridized carbons (Fsp3) is 0.846. The molecule has 0 heterocycles. The summed E-state index contributed by atoms with van der Waals surface area (Å²) in [5.74, 6) is -0.469. The summed E-state index contributed by atoms with van der Waals surface area (Å²) in [7, 11) is 1.38. The van der Waals surface area contributed by atoms with Gasteiger partial charge in [0, 0.05) is 5.92 Å². The molecule has 0 radical (unpaired) electrons. The van der Waals surface area contributed by atoms with E-state index in [0.717, 1.165) is 0 Å². The zero-order valence-electron chi connectivity index (χ0n) is 10.8. The van der Waals surface area contributed by atoms with Crippen molar-refractivity contribution in [3.8, 4) is 0 Å². The first-order chi connectivity index (χ1) is 7.77. The normalized spacial score (nSPS) is 49.2. The summed E-state index contributed by atoms with van der Waals surface area (Å²) in [5.41, 5.74) is -1.44. The molecule has 5 atom stereocenters. The van der Waals surface area contributed by atoms with Crippen LogP contribution in [0.4, 0.5) is 0 Å². The monoisotopic (exact) mass is 240 g/mol. The Hall–Kier alpha value is -0.900. The van der Waals surface area contributed by atoms with Crippen molar-refractivity contribution in [1.82, 2.24) is 0 Å². The van der Waals surface area contributed by atoms with Crippen molar-refractivity contribution in [2.24, 2.45) is 22.7 Å². The van der Waals surface area contributed by atoms with E-state index in [1.165, 1.54) is 7.11 Å². The molecule has 0 aromatic carbocycles. The second-order valence-corrected chi connectivity index (χ2v) is 6.01. The van der Waals surface area contributed by atoms with Gasteiger partial charge in [0.2, 0.25) is 0 Å². The highest BCUT2D eigenvalue weighted by atomic mass is 16.5. The minimum atomic E-state index is -0.795. The quantitative estimate of drug-likeness (QED) is 0.699. The van der Waals surface area contributed by atoms with Crippen LogP contribution in [0.15, 0.2) is 0 Å². The van der Waals surface area contributed by atoms with Crippen LogP contribution in [0.5, 0.6) is 0 Å². The van der Waals surface area contributed by atoms with E-state index in [2.05, 4.69) is 0 Å². The van der Waals surface area contributed by atoms with Crippen LogP contribution in [0.1, 0.15) is 33.6 Å². The molecular formula is C13H20O4. The van der Waals surface area contributed by atoms with Crippen molar-refractivity contribution in [2.45, 2.75) is 39.7 Å². The van der Waals surface area contributed by atoms with E-state index >= 15 is 0 Å². The molecule has 4 nitrogen and oxygen atoms in total. The number of aliphatic hydroxyl groups excluding tert-OH is 1. The molecule has 0 amide bonds. The zero-order valence-corrected chi connectivity index (χ0v) is 10.8. The third-order valence-corrected chi connectivity index (χ3v) is 5.00. The van der Waals surface area contributed by atoms with Crippen molar-refractivity contribution in [2.75, 3.05) is 7.11 Å². The van der Waals surface area contributed by atoms with Gasteiger partial charge in [0.25, 0.3) is 0 Å². The molecule has 96 valence electrons. The Morgan fingerprint density at radius 1 is 1.47 bits per heavy atom. The molecule has 0 aromatic heterocycles. The summed E-state index contributed by atoms with van der Waals surface area (Å²) in [5, 5.41) is 10.1. The molecule has 2 bridgehead atoms. The molecule has 0 saturated heterocycles. The summed E-state index contributed by atoms with van der Waals surface area (Å²) in [6.07, 6.45) is 0.269. The lowest BCUT2D eigenvalue weighted by atomic mass is 9.46. The average molecular weight is 240 g/mol. The molecule has 3 saturated carbocycles. The summed E-state index contributed by atoms with van der Waals surface area (Å²) in [4.78, 5) is 24.2. The van der Waals surface area contributed by atoms with Crippen LogP contribution >= 0.6 is 0 Å². The molecule has 1 N–H and O–H groups in total. The summed E-state index contributed by atoms with van der Waals surface area (Å²) < 4.78 is 4.88. The SMILES string of the molecule is COC(=O)[C@]1(C)C[C@]2(C)C(=O)[C@@H](C)[C@H]1C[C@H]2O. The van der Waals surface area contributed by atoms with E-state index in [1.54, 1.807) is 6.92 Å². The first kappa shape index (κ1) is 12.6. The van der Waals surface area contributed by atoms with E-state index in [-0.39, 0.29) is 23.6 Å². The van der Waals surface area contributed by atoms with Crippen molar-refractivity contribution >= 4 is 11.8 Å². The number of ether oxygens (including phenoxy) is 1. The molecule has 4 heteroatoms. The van der Waals surface area contributed by atoms with Gasteiger partial charge in [-0.05, 0) is 25.7 Å². The fourth-order valence-corrected chi connectivity index (χ4v) is 3.94. The number of carbonyl (C=O) groups excluding carboxylic acids is 2. The number of rotatable bonds is 1. The molecule has 0 spiro atoms. The molecule has 3 fully saturated rings. The Morgan fingerprint density at radius 2 is 2.06 bits per heavy atom. The molecule has 0 unspecified atom stereocenters. The third-order valence-electron chi connectivity index (χ3n) is 5.00. The van der Waals surface area contributed by atoms with Crippen molar-refractivity contribution in [3.05, 3.63) is 0 Å². The topological polar surface area (TPSA) is 63.6 Å². The van der Waals surface area contributed by atoms with Gasteiger partial charge in [-0.1, -0.05) is 13.8 Å².